The molecule has 1 aromatic carbocycles. The number of benzene rings is 1. The van der Waals surface area contributed by atoms with E-state index in [1.54, 1.807) is 0 Å². The number of ketones is 1. The van der Waals surface area contributed by atoms with Crippen LogP contribution in [0.3, 0.4) is 0 Å². The molecule has 0 radical (unpaired) electrons. The van der Waals surface area contributed by atoms with Crippen LogP contribution in [0.25, 0.3) is 0 Å². The molecule has 2 heterocycles. The van der Waals surface area contributed by atoms with Gasteiger partial charge in [-0.25, -0.2) is 0 Å². The molecule has 0 aromatic heterocycles. The molecule has 0 fully saturated rings. The van der Waals surface area contributed by atoms with Crippen LogP contribution >= 0.6 is 0 Å². The van der Waals surface area contributed by atoms with Crippen molar-refractivity contribution >= 4 is 11.5 Å². The Labute approximate surface area is 136 Å². The van der Waals surface area contributed by atoms with Gasteiger partial charge in [-0.1, -0.05) is 43.3 Å². The number of oxime groups is 1. The lowest BCUT2D eigenvalue weighted by Gasteiger charge is -2.48. The van der Waals surface area contributed by atoms with Crippen LogP contribution in [-0.4, -0.2) is 28.1 Å². The third kappa shape index (κ3) is 2.19. The summed E-state index contributed by atoms with van der Waals surface area (Å²) in [7, 11) is 0. The topological polar surface area (TPSA) is 52.9 Å². The van der Waals surface area contributed by atoms with Gasteiger partial charge in [-0.15, -0.1) is 0 Å². The molecule has 1 N–H and O–H groups in total. The second kappa shape index (κ2) is 4.95. The van der Waals surface area contributed by atoms with Gasteiger partial charge in [0.05, 0.1) is 17.3 Å². The zero-order chi connectivity index (χ0) is 16.2. The summed E-state index contributed by atoms with van der Waals surface area (Å²) >= 11 is 0. The number of Topliss-reactive ketones (excluding diaryl/α,β-unsaturated/α-hetero) is 1. The fraction of sp³-hybridized carbons (Fsp3) is 0.474. The van der Waals surface area contributed by atoms with Crippen LogP contribution in [0.15, 0.2) is 40.7 Å². The van der Waals surface area contributed by atoms with Gasteiger partial charge in [-0.05, 0) is 29.4 Å². The Kier molecular flexibility index (Phi) is 3.12. The summed E-state index contributed by atoms with van der Waals surface area (Å²) in [6.07, 6.45) is 3.01. The normalized spacial score (nSPS) is 27.6. The van der Waals surface area contributed by atoms with Crippen molar-refractivity contribution < 1.29 is 10.0 Å². The van der Waals surface area contributed by atoms with E-state index in [4.69, 9.17) is 0 Å². The number of fused-ring (bicyclic) bond motifs is 4. The first-order valence-corrected chi connectivity index (χ1v) is 8.32. The largest absolute Gasteiger partial charge is 0.411 e. The van der Waals surface area contributed by atoms with Gasteiger partial charge in [0.2, 0.25) is 0 Å². The first kappa shape index (κ1) is 14.5. The number of hydrogen-bond donors (Lipinski definition) is 1. The number of rotatable bonds is 0. The Morgan fingerprint density at radius 1 is 1.26 bits per heavy atom. The van der Waals surface area contributed by atoms with Crippen molar-refractivity contribution in [2.45, 2.75) is 45.6 Å². The summed E-state index contributed by atoms with van der Waals surface area (Å²) < 4.78 is 0. The molecule has 0 saturated heterocycles. The molecular formula is C19H22N2O2. The molecule has 2 aliphatic heterocycles. The lowest BCUT2D eigenvalue weighted by atomic mass is 9.71. The quantitative estimate of drug-likeness (QED) is 0.590. The van der Waals surface area contributed by atoms with Crippen LogP contribution in [0.2, 0.25) is 0 Å². The van der Waals surface area contributed by atoms with Gasteiger partial charge in [0.1, 0.15) is 0 Å². The predicted molar refractivity (Wildman–Crippen MR) is 88.5 cm³/mol. The summed E-state index contributed by atoms with van der Waals surface area (Å²) in [6.45, 7) is 5.22. The molecule has 23 heavy (non-hydrogen) atoms. The first-order valence-electron chi connectivity index (χ1n) is 8.32. The third-order valence-corrected chi connectivity index (χ3v) is 5.41. The standard InChI is InChI=1S/C19H22N2O2/c1-19(2)10-16-18(17(22)11-19)14(20-23)9-15-13-6-4-3-5-12(13)7-8-21(15)16/h3-6,15,23H,7-11H2,1-2H3/b20-14-/t15-/m0/s1. The second-order valence-corrected chi connectivity index (χ2v) is 7.67. The number of carbonyl (C=O) groups excluding carboxylic acids is 1. The maximum Gasteiger partial charge on any atom is 0.167 e. The average Bonchev–Trinajstić information content (AvgIpc) is 2.52. The summed E-state index contributed by atoms with van der Waals surface area (Å²) in [6, 6.07) is 8.69. The van der Waals surface area contributed by atoms with Crippen LogP contribution in [0.4, 0.5) is 0 Å². The Balaban J connectivity index is 1.86. The van der Waals surface area contributed by atoms with Gasteiger partial charge in [0, 0.05) is 25.1 Å². The highest BCUT2D eigenvalue weighted by atomic mass is 16.4. The number of allylic oxidation sites excluding steroid dienone is 2. The molecule has 0 bridgehead atoms. The van der Waals surface area contributed by atoms with Crippen molar-refractivity contribution in [1.29, 1.82) is 0 Å². The summed E-state index contributed by atoms with van der Waals surface area (Å²) in [4.78, 5) is 15.1. The number of hydrogen-bond acceptors (Lipinski definition) is 4. The molecule has 4 heteroatoms. The smallest absolute Gasteiger partial charge is 0.167 e. The Morgan fingerprint density at radius 3 is 2.83 bits per heavy atom. The Hall–Kier alpha value is -2.10. The zero-order valence-electron chi connectivity index (χ0n) is 13.7. The summed E-state index contributed by atoms with van der Waals surface area (Å²) in [5, 5.41) is 13.0. The van der Waals surface area contributed by atoms with E-state index in [9.17, 15) is 10.0 Å². The highest BCUT2D eigenvalue weighted by Gasteiger charge is 2.44. The van der Waals surface area contributed by atoms with Gasteiger partial charge < -0.3 is 10.1 Å². The van der Waals surface area contributed by atoms with Crippen LogP contribution in [0.1, 0.15) is 50.3 Å². The van der Waals surface area contributed by atoms with E-state index < -0.39 is 0 Å². The van der Waals surface area contributed by atoms with E-state index in [1.807, 2.05) is 0 Å². The molecule has 4 nitrogen and oxygen atoms in total. The Morgan fingerprint density at radius 2 is 2.04 bits per heavy atom. The van der Waals surface area contributed by atoms with E-state index in [0.717, 1.165) is 25.1 Å². The van der Waals surface area contributed by atoms with Crippen molar-refractivity contribution in [2.75, 3.05) is 6.54 Å². The van der Waals surface area contributed by atoms with Crippen LogP contribution in [-0.2, 0) is 11.2 Å². The first-order chi connectivity index (χ1) is 11.0. The van der Waals surface area contributed by atoms with Gasteiger partial charge in [-0.3, -0.25) is 4.79 Å². The zero-order valence-corrected chi connectivity index (χ0v) is 13.7. The third-order valence-electron chi connectivity index (χ3n) is 5.41. The van der Waals surface area contributed by atoms with Gasteiger partial charge in [-0.2, -0.15) is 0 Å². The number of carbonyl (C=O) groups is 1. The minimum Gasteiger partial charge on any atom is -0.411 e. The fourth-order valence-electron chi connectivity index (χ4n) is 4.43. The summed E-state index contributed by atoms with van der Waals surface area (Å²) in [5.41, 5.74) is 4.99. The molecule has 3 aliphatic rings. The van der Waals surface area contributed by atoms with Crippen molar-refractivity contribution in [2.24, 2.45) is 10.6 Å². The monoisotopic (exact) mass is 310 g/mol. The van der Waals surface area contributed by atoms with Gasteiger partial charge in [0.25, 0.3) is 0 Å². The van der Waals surface area contributed by atoms with E-state index in [2.05, 4.69) is 48.2 Å². The second-order valence-electron chi connectivity index (χ2n) is 7.67. The molecule has 0 amide bonds. The van der Waals surface area contributed by atoms with Crippen LogP contribution < -0.4 is 0 Å². The van der Waals surface area contributed by atoms with E-state index in [0.29, 0.717) is 24.1 Å². The molecule has 1 aliphatic carbocycles. The predicted octanol–water partition coefficient (Wildman–Crippen LogP) is 3.46. The lowest BCUT2D eigenvalue weighted by Crippen LogP contribution is -2.45. The molecule has 4 rings (SSSR count). The van der Waals surface area contributed by atoms with Crippen molar-refractivity contribution in [3.05, 3.63) is 46.7 Å². The molecule has 0 unspecified atom stereocenters. The van der Waals surface area contributed by atoms with Crippen LogP contribution in [0, 0.1) is 5.41 Å². The number of nitrogens with zero attached hydrogens (tertiary/aromatic N) is 2. The molecule has 0 spiro atoms. The maximum absolute atomic E-state index is 12.7. The van der Waals surface area contributed by atoms with Gasteiger partial charge >= 0.3 is 0 Å². The minimum absolute atomic E-state index is 0.0324. The molecule has 0 saturated carbocycles. The fourth-order valence-corrected chi connectivity index (χ4v) is 4.43. The Bertz CT molecular complexity index is 745. The minimum atomic E-state index is -0.0324. The molecule has 1 atom stereocenters. The highest BCUT2D eigenvalue weighted by Crippen LogP contribution is 2.47. The molecular weight excluding hydrogens is 288 g/mol. The summed E-state index contributed by atoms with van der Waals surface area (Å²) in [5.74, 6) is 0.126. The van der Waals surface area contributed by atoms with Crippen molar-refractivity contribution in [3.8, 4) is 0 Å². The van der Waals surface area contributed by atoms with Gasteiger partial charge in [0.15, 0.2) is 5.78 Å². The van der Waals surface area contributed by atoms with Crippen LogP contribution in [0.5, 0.6) is 0 Å². The van der Waals surface area contributed by atoms with E-state index in [-0.39, 0.29) is 17.2 Å². The molecule has 1 aromatic rings. The average molecular weight is 310 g/mol. The SMILES string of the molecule is CC1(C)CC(=O)C2=C(C1)N1CCc3ccccc3[C@@H]1C/C2=N/O. The molecule has 120 valence electrons. The van der Waals surface area contributed by atoms with Crippen molar-refractivity contribution in [1.82, 2.24) is 4.90 Å². The van der Waals surface area contributed by atoms with E-state index >= 15 is 0 Å². The van der Waals surface area contributed by atoms with E-state index in [1.165, 1.54) is 11.1 Å². The lowest BCUT2D eigenvalue weighted by molar-refractivity contribution is -0.118. The van der Waals surface area contributed by atoms with Crippen molar-refractivity contribution in [3.63, 3.8) is 0 Å². The maximum atomic E-state index is 12.7. The highest BCUT2D eigenvalue weighted by molar-refractivity contribution is 6.24.